The lowest BCUT2D eigenvalue weighted by Crippen LogP contribution is -2.11. The first-order chi connectivity index (χ1) is 11.1. The molecular formula is C20H32O3. The summed E-state index contributed by atoms with van der Waals surface area (Å²) >= 11 is 0. The van der Waals surface area contributed by atoms with Gasteiger partial charge < -0.3 is 9.47 Å². The highest BCUT2D eigenvalue weighted by Gasteiger charge is 2.06. The second-order valence-electron chi connectivity index (χ2n) is 6.44. The minimum Gasteiger partial charge on any atom is -0.460 e. The van der Waals surface area contributed by atoms with E-state index in [0.29, 0.717) is 18.8 Å². The Morgan fingerprint density at radius 2 is 1.74 bits per heavy atom. The second kappa shape index (κ2) is 12.1. The van der Waals surface area contributed by atoms with Crippen LogP contribution in [0.3, 0.4) is 0 Å². The van der Waals surface area contributed by atoms with Gasteiger partial charge in [-0.15, -0.1) is 0 Å². The van der Waals surface area contributed by atoms with Crippen molar-refractivity contribution in [1.29, 1.82) is 0 Å². The molecule has 0 N–H and O–H groups in total. The van der Waals surface area contributed by atoms with Gasteiger partial charge in [-0.1, -0.05) is 52.2 Å². The topological polar surface area (TPSA) is 35.5 Å². The molecule has 3 heteroatoms. The van der Waals surface area contributed by atoms with Crippen molar-refractivity contribution < 1.29 is 14.3 Å². The molecule has 1 rings (SSSR count). The first-order valence-electron chi connectivity index (χ1n) is 8.97. The van der Waals surface area contributed by atoms with Crippen molar-refractivity contribution in [2.45, 2.75) is 59.3 Å². The van der Waals surface area contributed by atoms with Crippen LogP contribution in [0.5, 0.6) is 0 Å². The van der Waals surface area contributed by atoms with Crippen LogP contribution < -0.4 is 0 Å². The molecule has 0 fully saturated rings. The van der Waals surface area contributed by atoms with Gasteiger partial charge in [-0.3, -0.25) is 0 Å². The van der Waals surface area contributed by atoms with E-state index < -0.39 is 0 Å². The number of carbonyl (C=O) groups excluding carboxylic acids is 1. The Kier molecular flexibility index (Phi) is 10.4. The Balaban J connectivity index is 2.11. The molecule has 0 radical (unpaired) electrons. The third kappa shape index (κ3) is 9.39. The predicted octanol–water partition coefficient (Wildman–Crippen LogP) is 5.03. The smallest absolute Gasteiger partial charge is 0.338 e. The van der Waals surface area contributed by atoms with Crippen molar-refractivity contribution in [3.63, 3.8) is 0 Å². The van der Waals surface area contributed by atoms with E-state index in [9.17, 15) is 4.79 Å². The molecule has 0 bridgehead atoms. The van der Waals surface area contributed by atoms with Crippen molar-refractivity contribution in [1.82, 2.24) is 0 Å². The van der Waals surface area contributed by atoms with E-state index >= 15 is 0 Å². The Hall–Kier alpha value is -1.35. The van der Waals surface area contributed by atoms with Gasteiger partial charge in [0.2, 0.25) is 0 Å². The molecule has 0 unspecified atom stereocenters. The summed E-state index contributed by atoms with van der Waals surface area (Å²) in [6.07, 6.45) is 6.94. The number of hydrogen-bond donors (Lipinski definition) is 0. The summed E-state index contributed by atoms with van der Waals surface area (Å²) in [5.74, 6) is 0.486. The van der Waals surface area contributed by atoms with Crippen LogP contribution in [0.25, 0.3) is 0 Å². The van der Waals surface area contributed by atoms with E-state index in [1.807, 2.05) is 24.3 Å². The van der Waals surface area contributed by atoms with Crippen LogP contribution in [0.1, 0.15) is 68.8 Å². The maximum Gasteiger partial charge on any atom is 0.338 e. The summed E-state index contributed by atoms with van der Waals surface area (Å²) < 4.78 is 10.7. The van der Waals surface area contributed by atoms with Crippen LogP contribution in [0.2, 0.25) is 0 Å². The Labute approximate surface area is 141 Å². The lowest BCUT2D eigenvalue weighted by Gasteiger charge is -2.07. The Bertz CT molecular complexity index is 423. The fourth-order valence-electron chi connectivity index (χ4n) is 2.32. The number of hydrogen-bond acceptors (Lipinski definition) is 3. The standard InChI is InChI=1S/C20H32O3/c1-4-5-9-18-10-12-19(13-11-18)20(21)23-16-15-22-14-7-6-8-17(2)3/h10-13,17H,4-9,14-16H2,1-3H3. The van der Waals surface area contributed by atoms with E-state index in [1.165, 1.54) is 31.2 Å². The minimum atomic E-state index is -0.268. The molecule has 0 aromatic heterocycles. The van der Waals surface area contributed by atoms with Gasteiger partial charge in [-0.2, -0.15) is 0 Å². The summed E-state index contributed by atoms with van der Waals surface area (Å²) in [6.45, 7) is 8.18. The summed E-state index contributed by atoms with van der Waals surface area (Å²) in [5, 5.41) is 0. The van der Waals surface area contributed by atoms with Crippen molar-refractivity contribution >= 4 is 5.97 Å². The van der Waals surface area contributed by atoms with E-state index in [2.05, 4.69) is 20.8 Å². The molecule has 0 aliphatic carbocycles. The third-order valence-electron chi connectivity index (χ3n) is 3.79. The molecule has 3 nitrogen and oxygen atoms in total. The molecule has 0 aliphatic heterocycles. The predicted molar refractivity (Wildman–Crippen MR) is 94.8 cm³/mol. The van der Waals surface area contributed by atoms with Gasteiger partial charge in [0.15, 0.2) is 0 Å². The van der Waals surface area contributed by atoms with Crippen molar-refractivity contribution in [2.75, 3.05) is 19.8 Å². The molecule has 0 spiro atoms. The fraction of sp³-hybridized carbons (Fsp3) is 0.650. The van der Waals surface area contributed by atoms with E-state index in [0.717, 1.165) is 25.4 Å². The molecule has 1 aromatic rings. The number of ether oxygens (including phenoxy) is 2. The van der Waals surface area contributed by atoms with E-state index in [-0.39, 0.29) is 5.97 Å². The molecular weight excluding hydrogens is 288 g/mol. The second-order valence-corrected chi connectivity index (χ2v) is 6.44. The Morgan fingerprint density at radius 3 is 2.39 bits per heavy atom. The van der Waals surface area contributed by atoms with Crippen LogP contribution >= 0.6 is 0 Å². The molecule has 0 saturated carbocycles. The molecule has 0 heterocycles. The van der Waals surface area contributed by atoms with Gasteiger partial charge in [0.05, 0.1) is 12.2 Å². The van der Waals surface area contributed by atoms with Crippen molar-refractivity contribution in [2.24, 2.45) is 5.92 Å². The summed E-state index contributed by atoms with van der Waals surface area (Å²) in [5.41, 5.74) is 1.88. The van der Waals surface area contributed by atoms with Crippen molar-refractivity contribution in [3.05, 3.63) is 35.4 Å². The monoisotopic (exact) mass is 320 g/mol. The highest BCUT2D eigenvalue weighted by atomic mass is 16.6. The largest absolute Gasteiger partial charge is 0.460 e. The summed E-state index contributed by atoms with van der Waals surface area (Å²) in [6, 6.07) is 7.72. The van der Waals surface area contributed by atoms with Gasteiger partial charge in [-0.05, 0) is 42.9 Å². The van der Waals surface area contributed by atoms with Gasteiger partial charge >= 0.3 is 5.97 Å². The van der Waals surface area contributed by atoms with Gasteiger partial charge in [0.25, 0.3) is 0 Å². The number of benzene rings is 1. The molecule has 0 saturated heterocycles. The number of unbranched alkanes of at least 4 members (excludes halogenated alkanes) is 2. The lowest BCUT2D eigenvalue weighted by atomic mass is 10.1. The summed E-state index contributed by atoms with van der Waals surface area (Å²) in [7, 11) is 0. The highest BCUT2D eigenvalue weighted by Crippen LogP contribution is 2.09. The first-order valence-corrected chi connectivity index (χ1v) is 8.97. The number of aryl methyl sites for hydroxylation is 1. The average molecular weight is 320 g/mol. The molecule has 130 valence electrons. The number of esters is 1. The van der Waals surface area contributed by atoms with Crippen LogP contribution in [0.4, 0.5) is 0 Å². The number of carbonyl (C=O) groups is 1. The van der Waals surface area contributed by atoms with Crippen LogP contribution in [-0.2, 0) is 15.9 Å². The molecule has 0 atom stereocenters. The molecule has 0 aliphatic rings. The molecule has 23 heavy (non-hydrogen) atoms. The van der Waals surface area contributed by atoms with Gasteiger partial charge in [-0.25, -0.2) is 4.79 Å². The normalized spacial score (nSPS) is 11.0. The first kappa shape index (κ1) is 19.7. The minimum absolute atomic E-state index is 0.268. The zero-order valence-corrected chi connectivity index (χ0v) is 15.0. The zero-order chi connectivity index (χ0) is 16.9. The fourth-order valence-corrected chi connectivity index (χ4v) is 2.32. The van der Waals surface area contributed by atoms with Gasteiger partial charge in [0, 0.05) is 6.61 Å². The lowest BCUT2D eigenvalue weighted by molar-refractivity contribution is 0.0311. The van der Waals surface area contributed by atoms with E-state index in [1.54, 1.807) is 0 Å². The highest BCUT2D eigenvalue weighted by molar-refractivity contribution is 5.89. The number of rotatable bonds is 12. The average Bonchev–Trinajstić information content (AvgIpc) is 2.55. The Morgan fingerprint density at radius 1 is 1.00 bits per heavy atom. The van der Waals surface area contributed by atoms with Crippen molar-refractivity contribution in [3.8, 4) is 0 Å². The molecule has 0 amide bonds. The quantitative estimate of drug-likeness (QED) is 0.400. The van der Waals surface area contributed by atoms with E-state index in [4.69, 9.17) is 9.47 Å². The maximum absolute atomic E-state index is 11.9. The maximum atomic E-state index is 11.9. The summed E-state index contributed by atoms with van der Waals surface area (Å²) in [4.78, 5) is 11.9. The molecule has 1 aromatic carbocycles. The zero-order valence-electron chi connectivity index (χ0n) is 15.0. The SMILES string of the molecule is CCCCc1ccc(C(=O)OCCOCCCCC(C)C)cc1. The van der Waals surface area contributed by atoms with Crippen LogP contribution in [0, 0.1) is 5.92 Å². The van der Waals surface area contributed by atoms with Gasteiger partial charge in [0.1, 0.15) is 6.61 Å². The van der Waals surface area contributed by atoms with Crippen LogP contribution in [-0.4, -0.2) is 25.8 Å². The third-order valence-corrected chi connectivity index (χ3v) is 3.79. The van der Waals surface area contributed by atoms with Crippen LogP contribution in [0.15, 0.2) is 24.3 Å².